The van der Waals surface area contributed by atoms with Gasteiger partial charge in [-0.05, 0) is 60.4 Å². The van der Waals surface area contributed by atoms with Crippen LogP contribution >= 0.6 is 0 Å². The van der Waals surface area contributed by atoms with E-state index < -0.39 is 11.2 Å². The number of nitrogens with one attached hydrogen (secondary N) is 1. The molecule has 1 aliphatic rings. The van der Waals surface area contributed by atoms with Gasteiger partial charge >= 0.3 is 5.69 Å². The van der Waals surface area contributed by atoms with E-state index in [0.29, 0.717) is 29.6 Å². The molecule has 0 saturated carbocycles. The molecule has 2 heterocycles. The SMILES string of the molecule is CCCNC(=O)Cc1ccc(-n2c(=O)c3ccccc3n(Cc3ccc(N4CCCC4=O)cc3)c2=O)cc1. The predicted molar refractivity (Wildman–Crippen MR) is 148 cm³/mol. The van der Waals surface area contributed by atoms with E-state index in [1.807, 2.05) is 37.3 Å². The van der Waals surface area contributed by atoms with Crippen molar-refractivity contribution in [1.29, 1.82) is 0 Å². The normalized spacial score (nSPS) is 13.3. The number of fused-ring (bicyclic) bond motifs is 1. The molecule has 38 heavy (non-hydrogen) atoms. The first-order valence-corrected chi connectivity index (χ1v) is 13.0. The summed E-state index contributed by atoms with van der Waals surface area (Å²) < 4.78 is 2.78. The first-order valence-electron chi connectivity index (χ1n) is 13.0. The molecule has 0 bridgehead atoms. The highest BCUT2D eigenvalue weighted by molar-refractivity contribution is 5.95. The van der Waals surface area contributed by atoms with E-state index >= 15 is 0 Å². The molecule has 3 aromatic carbocycles. The Morgan fingerprint density at radius 1 is 0.868 bits per heavy atom. The molecule has 1 fully saturated rings. The fourth-order valence-electron chi connectivity index (χ4n) is 4.86. The van der Waals surface area contributed by atoms with Gasteiger partial charge in [0.05, 0.1) is 29.6 Å². The molecule has 1 aliphatic heterocycles. The molecular formula is C30H30N4O4. The van der Waals surface area contributed by atoms with E-state index in [0.717, 1.165) is 36.2 Å². The lowest BCUT2D eigenvalue weighted by Crippen LogP contribution is -2.39. The summed E-state index contributed by atoms with van der Waals surface area (Å²) in [6.45, 7) is 3.61. The lowest BCUT2D eigenvalue weighted by Gasteiger charge is -2.17. The largest absolute Gasteiger partial charge is 0.356 e. The van der Waals surface area contributed by atoms with Crippen molar-refractivity contribution in [3.05, 3.63) is 105 Å². The Kier molecular flexibility index (Phi) is 7.22. The number of benzene rings is 3. The first kappa shape index (κ1) is 25.2. The van der Waals surface area contributed by atoms with Gasteiger partial charge in [0.1, 0.15) is 0 Å². The van der Waals surface area contributed by atoms with Crippen molar-refractivity contribution >= 4 is 28.4 Å². The molecule has 0 spiro atoms. The topological polar surface area (TPSA) is 93.4 Å². The van der Waals surface area contributed by atoms with Crippen LogP contribution in [0.2, 0.25) is 0 Å². The van der Waals surface area contributed by atoms with E-state index in [9.17, 15) is 19.2 Å². The van der Waals surface area contributed by atoms with Crippen molar-refractivity contribution in [3.63, 3.8) is 0 Å². The molecular weight excluding hydrogens is 480 g/mol. The number of anilines is 1. The van der Waals surface area contributed by atoms with Crippen LogP contribution in [-0.4, -0.2) is 34.0 Å². The second-order valence-electron chi connectivity index (χ2n) is 9.53. The highest BCUT2D eigenvalue weighted by atomic mass is 16.2. The fraction of sp³-hybridized carbons (Fsp3) is 0.267. The van der Waals surface area contributed by atoms with Crippen LogP contribution < -0.4 is 21.5 Å². The zero-order valence-electron chi connectivity index (χ0n) is 21.4. The summed E-state index contributed by atoms with van der Waals surface area (Å²) in [6, 6.07) is 21.6. The number of hydrogen-bond acceptors (Lipinski definition) is 4. The van der Waals surface area contributed by atoms with Crippen molar-refractivity contribution in [2.24, 2.45) is 0 Å². The third kappa shape index (κ3) is 5.02. The Balaban J connectivity index is 1.49. The summed E-state index contributed by atoms with van der Waals surface area (Å²) in [5.41, 5.74) is 2.70. The summed E-state index contributed by atoms with van der Waals surface area (Å²) in [4.78, 5) is 53.1. The number of nitrogens with zero attached hydrogens (tertiary/aromatic N) is 3. The van der Waals surface area contributed by atoms with Crippen molar-refractivity contribution < 1.29 is 9.59 Å². The number of aromatic nitrogens is 2. The molecule has 5 rings (SSSR count). The number of rotatable bonds is 8. The summed E-state index contributed by atoms with van der Waals surface area (Å²) >= 11 is 0. The molecule has 0 atom stereocenters. The maximum Gasteiger partial charge on any atom is 0.336 e. The lowest BCUT2D eigenvalue weighted by atomic mass is 10.1. The monoisotopic (exact) mass is 510 g/mol. The van der Waals surface area contributed by atoms with Crippen LogP contribution in [-0.2, 0) is 22.6 Å². The minimum Gasteiger partial charge on any atom is -0.356 e. The van der Waals surface area contributed by atoms with Crippen LogP contribution in [0.5, 0.6) is 0 Å². The van der Waals surface area contributed by atoms with E-state index in [1.54, 1.807) is 51.9 Å². The number of amides is 2. The molecule has 8 heteroatoms. The Bertz CT molecular complexity index is 1600. The number of hydrogen-bond donors (Lipinski definition) is 1. The quantitative estimate of drug-likeness (QED) is 0.393. The van der Waals surface area contributed by atoms with Gasteiger partial charge in [0.15, 0.2) is 0 Å². The molecule has 2 amide bonds. The van der Waals surface area contributed by atoms with Gasteiger partial charge in [0.2, 0.25) is 11.8 Å². The smallest absolute Gasteiger partial charge is 0.336 e. The van der Waals surface area contributed by atoms with Gasteiger partial charge in [-0.25, -0.2) is 9.36 Å². The van der Waals surface area contributed by atoms with E-state index in [1.165, 1.54) is 4.57 Å². The van der Waals surface area contributed by atoms with Crippen LogP contribution in [0.25, 0.3) is 16.6 Å². The van der Waals surface area contributed by atoms with Crippen LogP contribution in [0.3, 0.4) is 0 Å². The third-order valence-corrected chi connectivity index (χ3v) is 6.84. The molecule has 4 aromatic rings. The fourth-order valence-corrected chi connectivity index (χ4v) is 4.86. The van der Waals surface area contributed by atoms with E-state index in [-0.39, 0.29) is 24.8 Å². The maximum atomic E-state index is 13.7. The number of para-hydroxylation sites is 1. The molecule has 0 unspecified atom stereocenters. The third-order valence-electron chi connectivity index (χ3n) is 6.84. The van der Waals surface area contributed by atoms with Gasteiger partial charge in [0, 0.05) is 25.2 Å². The highest BCUT2D eigenvalue weighted by Gasteiger charge is 2.21. The highest BCUT2D eigenvalue weighted by Crippen LogP contribution is 2.22. The zero-order chi connectivity index (χ0) is 26.6. The van der Waals surface area contributed by atoms with Crippen molar-refractivity contribution in [2.75, 3.05) is 18.0 Å². The standard InChI is InChI=1S/C30H30N4O4/c1-2-17-31-27(35)19-21-9-15-24(16-10-21)34-29(37)25-6-3-4-7-26(25)33(30(34)38)20-22-11-13-23(14-12-22)32-18-5-8-28(32)36/h3-4,6-7,9-16H,2,5,8,17-20H2,1H3,(H,31,35). The molecule has 1 saturated heterocycles. The van der Waals surface area contributed by atoms with Crippen molar-refractivity contribution in [2.45, 2.75) is 39.2 Å². The molecule has 0 radical (unpaired) electrons. The summed E-state index contributed by atoms with van der Waals surface area (Å²) in [7, 11) is 0. The van der Waals surface area contributed by atoms with Crippen molar-refractivity contribution in [1.82, 2.24) is 14.5 Å². The second-order valence-corrected chi connectivity index (χ2v) is 9.53. The molecule has 8 nitrogen and oxygen atoms in total. The zero-order valence-corrected chi connectivity index (χ0v) is 21.4. The average molecular weight is 511 g/mol. The first-order chi connectivity index (χ1) is 18.5. The van der Waals surface area contributed by atoms with Crippen LogP contribution in [0.15, 0.2) is 82.4 Å². The molecule has 194 valence electrons. The molecule has 0 aliphatic carbocycles. The van der Waals surface area contributed by atoms with Gasteiger partial charge in [-0.1, -0.05) is 43.3 Å². The van der Waals surface area contributed by atoms with E-state index in [2.05, 4.69) is 5.32 Å². The van der Waals surface area contributed by atoms with Gasteiger partial charge in [-0.3, -0.25) is 19.0 Å². The minimum absolute atomic E-state index is 0.0649. The molecule has 1 aromatic heterocycles. The Morgan fingerprint density at radius 3 is 2.24 bits per heavy atom. The van der Waals surface area contributed by atoms with Crippen LogP contribution in [0.1, 0.15) is 37.3 Å². The summed E-state index contributed by atoms with van der Waals surface area (Å²) in [5, 5.41) is 3.29. The Labute approximate surface area is 220 Å². The average Bonchev–Trinajstić information content (AvgIpc) is 3.37. The van der Waals surface area contributed by atoms with Gasteiger partial charge < -0.3 is 10.2 Å². The number of carbonyl (C=O) groups excluding carboxylic acids is 2. The van der Waals surface area contributed by atoms with Crippen LogP contribution in [0.4, 0.5) is 5.69 Å². The van der Waals surface area contributed by atoms with Gasteiger partial charge in [-0.15, -0.1) is 0 Å². The van der Waals surface area contributed by atoms with Crippen LogP contribution in [0, 0.1) is 0 Å². The maximum absolute atomic E-state index is 13.7. The lowest BCUT2D eigenvalue weighted by molar-refractivity contribution is -0.120. The minimum atomic E-state index is -0.444. The summed E-state index contributed by atoms with van der Waals surface area (Å²) in [5.74, 6) is 0.0598. The Hall–Kier alpha value is -4.46. The Morgan fingerprint density at radius 2 is 1.55 bits per heavy atom. The van der Waals surface area contributed by atoms with Crippen molar-refractivity contribution in [3.8, 4) is 5.69 Å². The van der Waals surface area contributed by atoms with Gasteiger partial charge in [-0.2, -0.15) is 0 Å². The molecule has 1 N–H and O–H groups in total. The number of carbonyl (C=O) groups is 2. The predicted octanol–water partition coefficient (Wildman–Crippen LogP) is 3.40. The summed E-state index contributed by atoms with van der Waals surface area (Å²) in [6.07, 6.45) is 2.52. The van der Waals surface area contributed by atoms with Gasteiger partial charge in [0.25, 0.3) is 5.56 Å². The van der Waals surface area contributed by atoms with E-state index in [4.69, 9.17) is 0 Å². The second kappa shape index (κ2) is 10.9.